The van der Waals surface area contributed by atoms with Crippen LogP contribution in [0, 0.1) is 24.1 Å². The second-order valence-electron chi connectivity index (χ2n) is 8.11. The highest BCUT2D eigenvalue weighted by Crippen LogP contribution is 2.32. The molecule has 0 aliphatic heterocycles. The minimum atomic E-state index is -0.702. The van der Waals surface area contributed by atoms with E-state index in [1.54, 1.807) is 24.3 Å². The lowest BCUT2D eigenvalue weighted by Crippen LogP contribution is -2.14. The van der Waals surface area contributed by atoms with E-state index in [0.29, 0.717) is 30.3 Å². The van der Waals surface area contributed by atoms with Gasteiger partial charge in [-0.25, -0.2) is 4.39 Å². The van der Waals surface area contributed by atoms with Crippen molar-refractivity contribution in [1.29, 1.82) is 5.26 Å². The molecule has 4 aromatic carbocycles. The number of anilines is 1. The predicted molar refractivity (Wildman–Crippen MR) is 139 cm³/mol. The van der Waals surface area contributed by atoms with Crippen molar-refractivity contribution in [3.05, 3.63) is 107 Å². The molecule has 4 rings (SSSR count). The third kappa shape index (κ3) is 5.53. The smallest absolute Gasteiger partial charge is 0.266 e. The Morgan fingerprint density at radius 2 is 1.78 bits per heavy atom. The Balaban J connectivity index is 1.57. The average molecular weight is 481 g/mol. The summed E-state index contributed by atoms with van der Waals surface area (Å²) in [7, 11) is 0. The van der Waals surface area contributed by atoms with E-state index in [4.69, 9.17) is 9.47 Å². The first-order chi connectivity index (χ1) is 17.5. The summed E-state index contributed by atoms with van der Waals surface area (Å²) in [4.78, 5) is 12.6. The van der Waals surface area contributed by atoms with E-state index in [9.17, 15) is 14.4 Å². The molecule has 5 nitrogen and oxygen atoms in total. The van der Waals surface area contributed by atoms with Crippen LogP contribution >= 0.6 is 0 Å². The molecule has 180 valence electrons. The van der Waals surface area contributed by atoms with Gasteiger partial charge >= 0.3 is 0 Å². The van der Waals surface area contributed by atoms with E-state index < -0.39 is 11.7 Å². The van der Waals surface area contributed by atoms with Gasteiger partial charge in [-0.3, -0.25) is 4.79 Å². The minimum Gasteiger partial charge on any atom is -0.490 e. The van der Waals surface area contributed by atoms with E-state index in [1.807, 2.05) is 25.1 Å². The van der Waals surface area contributed by atoms with Gasteiger partial charge in [0.15, 0.2) is 11.5 Å². The summed E-state index contributed by atoms with van der Waals surface area (Å²) in [6, 6.07) is 25.2. The van der Waals surface area contributed by atoms with Gasteiger partial charge in [-0.2, -0.15) is 5.26 Å². The molecular formula is C30H25FN2O3. The first-order valence-corrected chi connectivity index (χ1v) is 11.5. The first kappa shape index (κ1) is 24.5. The molecule has 0 radical (unpaired) electrons. The van der Waals surface area contributed by atoms with Gasteiger partial charge in [-0.1, -0.05) is 54.6 Å². The van der Waals surface area contributed by atoms with Crippen molar-refractivity contribution in [1.82, 2.24) is 0 Å². The molecule has 0 aliphatic carbocycles. The molecule has 0 saturated carbocycles. The Labute approximate surface area is 209 Å². The molecule has 0 spiro atoms. The largest absolute Gasteiger partial charge is 0.490 e. The fourth-order valence-electron chi connectivity index (χ4n) is 3.86. The highest BCUT2D eigenvalue weighted by Gasteiger charge is 2.14. The summed E-state index contributed by atoms with van der Waals surface area (Å²) in [6.07, 6.45) is 1.43. The number of ether oxygens (including phenoxy) is 2. The van der Waals surface area contributed by atoms with Crippen LogP contribution in [0.4, 0.5) is 10.1 Å². The van der Waals surface area contributed by atoms with Crippen molar-refractivity contribution in [2.75, 3.05) is 11.9 Å². The second-order valence-corrected chi connectivity index (χ2v) is 8.11. The number of halogens is 1. The van der Waals surface area contributed by atoms with Gasteiger partial charge in [0.2, 0.25) is 0 Å². The molecule has 4 aromatic rings. The molecule has 6 heteroatoms. The Morgan fingerprint density at radius 3 is 2.56 bits per heavy atom. The molecular weight excluding hydrogens is 455 g/mol. The number of aryl methyl sites for hydroxylation is 1. The number of nitrogens with zero attached hydrogens (tertiary/aromatic N) is 1. The lowest BCUT2D eigenvalue weighted by Gasteiger charge is -2.15. The van der Waals surface area contributed by atoms with Gasteiger partial charge in [0.25, 0.3) is 5.91 Å². The van der Waals surface area contributed by atoms with Crippen molar-refractivity contribution in [2.24, 2.45) is 0 Å². The predicted octanol–water partition coefficient (Wildman–Crippen LogP) is 6.81. The van der Waals surface area contributed by atoms with Gasteiger partial charge < -0.3 is 14.8 Å². The number of hydrogen-bond acceptors (Lipinski definition) is 4. The van der Waals surface area contributed by atoms with Crippen LogP contribution in [-0.4, -0.2) is 12.5 Å². The van der Waals surface area contributed by atoms with Crippen LogP contribution in [0.2, 0.25) is 0 Å². The summed E-state index contributed by atoms with van der Waals surface area (Å²) >= 11 is 0. The molecule has 0 atom stereocenters. The van der Waals surface area contributed by atoms with Crippen molar-refractivity contribution < 1.29 is 18.7 Å². The molecule has 0 aliphatic rings. The van der Waals surface area contributed by atoms with Gasteiger partial charge in [0, 0.05) is 5.56 Å². The lowest BCUT2D eigenvalue weighted by atomic mass is 10.0. The van der Waals surface area contributed by atoms with E-state index in [0.717, 1.165) is 21.9 Å². The van der Waals surface area contributed by atoms with Crippen molar-refractivity contribution in [3.63, 3.8) is 0 Å². The van der Waals surface area contributed by atoms with Crippen LogP contribution in [-0.2, 0) is 11.4 Å². The normalized spacial score (nSPS) is 11.1. The van der Waals surface area contributed by atoms with E-state index >= 15 is 0 Å². The fraction of sp³-hybridized carbons (Fsp3) is 0.133. The van der Waals surface area contributed by atoms with Gasteiger partial charge in [-0.05, 0) is 66.1 Å². The molecule has 0 bridgehead atoms. The number of amides is 1. The van der Waals surface area contributed by atoms with Crippen LogP contribution in [0.15, 0.2) is 84.4 Å². The van der Waals surface area contributed by atoms with Crippen LogP contribution in [0.5, 0.6) is 11.5 Å². The Kier molecular flexibility index (Phi) is 7.62. The van der Waals surface area contributed by atoms with Gasteiger partial charge in [0.1, 0.15) is 24.1 Å². The molecule has 0 heterocycles. The number of benzene rings is 4. The maximum atomic E-state index is 13.9. The summed E-state index contributed by atoms with van der Waals surface area (Å²) in [5.41, 5.74) is 2.64. The van der Waals surface area contributed by atoms with Crippen LogP contribution in [0.25, 0.3) is 16.8 Å². The molecule has 0 saturated heterocycles. The summed E-state index contributed by atoms with van der Waals surface area (Å²) < 4.78 is 25.8. The molecule has 36 heavy (non-hydrogen) atoms. The number of rotatable bonds is 8. The van der Waals surface area contributed by atoms with Crippen molar-refractivity contribution >= 4 is 28.4 Å². The topological polar surface area (TPSA) is 71.3 Å². The molecule has 0 aromatic heterocycles. The monoisotopic (exact) mass is 480 g/mol. The number of fused-ring (bicyclic) bond motifs is 1. The molecule has 1 amide bonds. The van der Waals surface area contributed by atoms with Gasteiger partial charge in [-0.15, -0.1) is 0 Å². The number of hydrogen-bond donors (Lipinski definition) is 1. The average Bonchev–Trinajstić information content (AvgIpc) is 2.89. The number of nitriles is 1. The maximum absolute atomic E-state index is 13.9. The third-order valence-electron chi connectivity index (χ3n) is 5.71. The number of para-hydroxylation sites is 1. The molecule has 0 unspecified atom stereocenters. The summed E-state index contributed by atoms with van der Waals surface area (Å²) in [5, 5.41) is 14.2. The second kappa shape index (κ2) is 11.2. The zero-order valence-corrected chi connectivity index (χ0v) is 20.0. The zero-order valence-electron chi connectivity index (χ0n) is 20.0. The zero-order chi connectivity index (χ0) is 25.5. The summed E-state index contributed by atoms with van der Waals surface area (Å²) in [5.74, 6) is -0.233. The quantitative estimate of drug-likeness (QED) is 0.222. The highest BCUT2D eigenvalue weighted by molar-refractivity contribution is 6.09. The van der Waals surface area contributed by atoms with E-state index in [1.165, 1.54) is 24.3 Å². The van der Waals surface area contributed by atoms with E-state index in [2.05, 4.69) is 36.5 Å². The first-order valence-electron chi connectivity index (χ1n) is 11.5. The van der Waals surface area contributed by atoms with Crippen LogP contribution in [0.1, 0.15) is 23.6 Å². The maximum Gasteiger partial charge on any atom is 0.266 e. The van der Waals surface area contributed by atoms with Crippen LogP contribution < -0.4 is 14.8 Å². The Hall–Kier alpha value is -4.63. The lowest BCUT2D eigenvalue weighted by molar-refractivity contribution is -0.112. The SMILES string of the molecule is CCOc1cc(/C=C(\C#N)C(=O)Nc2ccccc2F)ccc1OCc1c(C)ccc2ccccc12. The fourth-order valence-corrected chi connectivity index (χ4v) is 3.86. The Morgan fingerprint density at radius 1 is 1.00 bits per heavy atom. The highest BCUT2D eigenvalue weighted by atomic mass is 19.1. The number of carbonyl (C=O) groups excluding carboxylic acids is 1. The number of nitrogens with one attached hydrogen (secondary N) is 1. The Bertz CT molecular complexity index is 1490. The van der Waals surface area contributed by atoms with E-state index in [-0.39, 0.29) is 11.3 Å². The summed E-state index contributed by atoms with van der Waals surface area (Å²) in [6.45, 7) is 4.69. The number of carbonyl (C=O) groups is 1. The van der Waals surface area contributed by atoms with Crippen molar-refractivity contribution in [3.8, 4) is 17.6 Å². The van der Waals surface area contributed by atoms with Gasteiger partial charge in [0.05, 0.1) is 12.3 Å². The van der Waals surface area contributed by atoms with Crippen LogP contribution in [0.3, 0.4) is 0 Å². The molecule has 1 N–H and O–H groups in total. The standard InChI is InChI=1S/C30H25FN2O3/c1-3-35-29-17-21(16-23(18-32)30(34)33-27-11-7-6-10-26(27)31)13-15-28(29)36-19-25-20(2)12-14-22-8-4-5-9-24(22)25/h4-17H,3,19H2,1-2H3,(H,33,34)/b23-16+. The van der Waals surface area contributed by atoms with Crippen molar-refractivity contribution in [2.45, 2.75) is 20.5 Å². The molecule has 0 fully saturated rings. The minimum absolute atomic E-state index is 0.00568. The third-order valence-corrected chi connectivity index (χ3v) is 5.71.